The summed E-state index contributed by atoms with van der Waals surface area (Å²) in [5.41, 5.74) is 1.42. The van der Waals surface area contributed by atoms with Crippen LogP contribution in [0.5, 0.6) is 0 Å². The zero-order valence-electron chi connectivity index (χ0n) is 17.2. The number of hydrogen-bond acceptors (Lipinski definition) is 5. The first-order chi connectivity index (χ1) is 15.7. The number of fused-ring (bicyclic) bond motifs is 1. The normalized spacial score (nSPS) is 13.2. The minimum absolute atomic E-state index is 0.0226. The van der Waals surface area contributed by atoms with E-state index in [9.17, 15) is 9.59 Å². The van der Waals surface area contributed by atoms with Gasteiger partial charge in [0, 0.05) is 15.8 Å². The molecule has 1 N–H and O–H groups in total. The highest BCUT2D eigenvalue weighted by Crippen LogP contribution is 2.37. The summed E-state index contributed by atoms with van der Waals surface area (Å²) in [5, 5.41) is 4.26. The van der Waals surface area contributed by atoms with E-state index in [4.69, 9.17) is 4.98 Å². The number of rotatable bonds is 7. The van der Waals surface area contributed by atoms with Gasteiger partial charge in [0.15, 0.2) is 5.16 Å². The van der Waals surface area contributed by atoms with Crippen molar-refractivity contribution in [2.24, 2.45) is 0 Å². The van der Waals surface area contributed by atoms with E-state index in [2.05, 4.69) is 5.32 Å². The lowest BCUT2D eigenvalue weighted by atomic mass is 10.2. The molecule has 1 amide bonds. The molecule has 32 heavy (non-hydrogen) atoms. The van der Waals surface area contributed by atoms with Crippen LogP contribution in [0.1, 0.15) is 18.9 Å². The summed E-state index contributed by atoms with van der Waals surface area (Å²) in [7, 11) is 0. The van der Waals surface area contributed by atoms with E-state index in [-0.39, 0.29) is 23.3 Å². The van der Waals surface area contributed by atoms with Crippen molar-refractivity contribution < 1.29 is 4.79 Å². The van der Waals surface area contributed by atoms with Crippen LogP contribution in [-0.4, -0.2) is 21.2 Å². The number of amides is 1. The Morgan fingerprint density at radius 1 is 0.969 bits per heavy atom. The Bertz CT molecular complexity index is 1330. The van der Waals surface area contributed by atoms with Gasteiger partial charge in [-0.15, -0.1) is 0 Å². The quantitative estimate of drug-likeness (QED) is 0.287. The Hall–Kier alpha value is -3.03. The molecule has 1 heterocycles. The van der Waals surface area contributed by atoms with Gasteiger partial charge in [-0.3, -0.25) is 14.2 Å². The van der Waals surface area contributed by atoms with E-state index >= 15 is 0 Å². The lowest BCUT2D eigenvalue weighted by Gasteiger charge is -2.13. The molecule has 1 aliphatic rings. The van der Waals surface area contributed by atoms with Crippen molar-refractivity contribution in [2.45, 2.75) is 33.8 Å². The molecular formula is C25H21N3O2S2. The third-order valence-electron chi connectivity index (χ3n) is 5.15. The van der Waals surface area contributed by atoms with E-state index in [0.29, 0.717) is 16.1 Å². The highest BCUT2D eigenvalue weighted by Gasteiger charge is 2.28. The van der Waals surface area contributed by atoms with E-state index in [1.165, 1.54) is 11.8 Å². The van der Waals surface area contributed by atoms with E-state index in [1.807, 2.05) is 78.9 Å². The molecule has 1 fully saturated rings. The number of carbonyl (C=O) groups is 1. The smallest absolute Gasteiger partial charge is 0.262 e. The molecule has 0 unspecified atom stereocenters. The van der Waals surface area contributed by atoms with Crippen LogP contribution in [0, 0.1) is 0 Å². The molecule has 1 aromatic heterocycles. The van der Waals surface area contributed by atoms with Gasteiger partial charge >= 0.3 is 0 Å². The number of aromatic nitrogens is 2. The van der Waals surface area contributed by atoms with Crippen LogP contribution in [0.4, 0.5) is 5.69 Å². The molecular weight excluding hydrogens is 438 g/mol. The average molecular weight is 460 g/mol. The third kappa shape index (κ3) is 4.59. The predicted molar refractivity (Wildman–Crippen MR) is 131 cm³/mol. The van der Waals surface area contributed by atoms with Crippen LogP contribution in [-0.2, 0) is 4.79 Å². The van der Waals surface area contributed by atoms with Crippen LogP contribution in [0.15, 0.2) is 98.6 Å². The fraction of sp³-hybridized carbons (Fsp3) is 0.160. The molecule has 0 saturated heterocycles. The van der Waals surface area contributed by atoms with Gasteiger partial charge in [-0.25, -0.2) is 4.98 Å². The van der Waals surface area contributed by atoms with Crippen molar-refractivity contribution in [3.63, 3.8) is 0 Å². The summed E-state index contributed by atoms with van der Waals surface area (Å²) in [6, 6.07) is 25.4. The zero-order chi connectivity index (χ0) is 21.9. The molecule has 1 saturated carbocycles. The molecule has 3 aromatic carbocycles. The lowest BCUT2D eigenvalue weighted by Crippen LogP contribution is -2.23. The highest BCUT2D eigenvalue weighted by atomic mass is 32.2. The van der Waals surface area contributed by atoms with Gasteiger partial charge in [0.25, 0.3) is 5.56 Å². The third-order valence-corrected chi connectivity index (χ3v) is 7.19. The number of hydrogen-bond donors (Lipinski definition) is 1. The number of nitrogens with zero attached hydrogens (tertiary/aromatic N) is 2. The summed E-state index contributed by atoms with van der Waals surface area (Å²) in [4.78, 5) is 32.6. The first kappa shape index (κ1) is 20.8. The summed E-state index contributed by atoms with van der Waals surface area (Å²) >= 11 is 2.92. The molecule has 7 heteroatoms. The molecule has 0 bridgehead atoms. The number of thioether (sulfide) groups is 1. The van der Waals surface area contributed by atoms with Crippen molar-refractivity contribution in [3.8, 4) is 0 Å². The molecule has 0 radical (unpaired) electrons. The minimum Gasteiger partial charge on any atom is -0.324 e. The second kappa shape index (κ2) is 9.22. The minimum atomic E-state index is -0.124. The molecule has 0 aliphatic heterocycles. The summed E-state index contributed by atoms with van der Waals surface area (Å²) in [6.45, 7) is 0. The number of nitrogens with one attached hydrogen (secondary N) is 1. The lowest BCUT2D eigenvalue weighted by molar-refractivity contribution is -0.113. The van der Waals surface area contributed by atoms with Crippen molar-refractivity contribution in [2.75, 3.05) is 11.1 Å². The maximum absolute atomic E-state index is 13.0. The number of anilines is 1. The standard InChI is InChI=1S/C25H21N3O2S2/c29-23(26-21-12-6-7-13-22(21)32-18-8-2-1-3-9-18)16-31-25-27-20-11-5-4-10-19(20)24(30)28(25)17-14-15-17/h1-13,17H,14-16H2,(H,26,29). The zero-order valence-corrected chi connectivity index (χ0v) is 18.9. The topological polar surface area (TPSA) is 64.0 Å². The number of carbonyl (C=O) groups excluding carboxylic acids is 1. The summed E-state index contributed by atoms with van der Waals surface area (Å²) in [5.74, 6) is 0.0582. The second-order valence-electron chi connectivity index (χ2n) is 7.57. The molecule has 0 spiro atoms. The van der Waals surface area contributed by atoms with Gasteiger partial charge < -0.3 is 5.32 Å². The van der Waals surface area contributed by atoms with E-state index in [0.717, 1.165) is 28.3 Å². The van der Waals surface area contributed by atoms with Gasteiger partial charge in [0.2, 0.25) is 5.91 Å². The Balaban J connectivity index is 1.33. The maximum atomic E-state index is 13.0. The number of benzene rings is 3. The van der Waals surface area contributed by atoms with E-state index < -0.39 is 0 Å². The molecule has 160 valence electrons. The van der Waals surface area contributed by atoms with Gasteiger partial charge in [-0.05, 0) is 49.2 Å². The fourth-order valence-electron chi connectivity index (χ4n) is 3.47. The monoisotopic (exact) mass is 459 g/mol. The Kier molecular flexibility index (Phi) is 6.01. The van der Waals surface area contributed by atoms with Crippen LogP contribution in [0.3, 0.4) is 0 Å². The van der Waals surface area contributed by atoms with Crippen LogP contribution < -0.4 is 10.9 Å². The first-order valence-electron chi connectivity index (χ1n) is 10.4. The van der Waals surface area contributed by atoms with Crippen LogP contribution in [0.25, 0.3) is 10.9 Å². The maximum Gasteiger partial charge on any atom is 0.262 e. The first-order valence-corrected chi connectivity index (χ1v) is 12.2. The SMILES string of the molecule is O=C(CSc1nc2ccccc2c(=O)n1C1CC1)Nc1ccccc1Sc1ccccc1. The van der Waals surface area contributed by atoms with E-state index in [1.54, 1.807) is 16.3 Å². The molecule has 0 atom stereocenters. The molecule has 5 rings (SSSR count). The summed E-state index contributed by atoms with van der Waals surface area (Å²) in [6.07, 6.45) is 1.95. The highest BCUT2D eigenvalue weighted by molar-refractivity contribution is 8.00. The Morgan fingerprint density at radius 3 is 2.50 bits per heavy atom. The summed E-state index contributed by atoms with van der Waals surface area (Å²) < 4.78 is 1.76. The van der Waals surface area contributed by atoms with Crippen molar-refractivity contribution in [3.05, 3.63) is 89.2 Å². The second-order valence-corrected chi connectivity index (χ2v) is 9.62. The number of para-hydroxylation sites is 2. The molecule has 5 nitrogen and oxygen atoms in total. The Labute approximate surface area is 194 Å². The van der Waals surface area contributed by atoms with Crippen molar-refractivity contribution in [1.29, 1.82) is 0 Å². The van der Waals surface area contributed by atoms with Gasteiger partial charge in [0.05, 0.1) is 22.3 Å². The van der Waals surface area contributed by atoms with Gasteiger partial charge in [-0.2, -0.15) is 0 Å². The van der Waals surface area contributed by atoms with Crippen molar-refractivity contribution in [1.82, 2.24) is 9.55 Å². The van der Waals surface area contributed by atoms with Crippen LogP contribution in [0.2, 0.25) is 0 Å². The molecule has 4 aromatic rings. The van der Waals surface area contributed by atoms with Crippen molar-refractivity contribution >= 4 is 46.0 Å². The largest absolute Gasteiger partial charge is 0.324 e. The Morgan fingerprint density at radius 2 is 1.69 bits per heavy atom. The van der Waals surface area contributed by atoms with Crippen LogP contribution >= 0.6 is 23.5 Å². The fourth-order valence-corrected chi connectivity index (χ4v) is 5.26. The van der Waals surface area contributed by atoms with Gasteiger partial charge in [-0.1, -0.05) is 66.0 Å². The average Bonchev–Trinajstić information content (AvgIpc) is 3.65. The predicted octanol–water partition coefficient (Wildman–Crippen LogP) is 5.61. The van der Waals surface area contributed by atoms with Gasteiger partial charge in [0.1, 0.15) is 0 Å². The molecule has 1 aliphatic carbocycles.